The number of nitrogens with one attached hydrogen (secondary N) is 1. The molecule has 0 aliphatic carbocycles. The predicted octanol–water partition coefficient (Wildman–Crippen LogP) is 3.59. The molecule has 0 spiro atoms. The van der Waals surface area contributed by atoms with Gasteiger partial charge in [0.1, 0.15) is 5.82 Å². The van der Waals surface area contributed by atoms with Crippen LogP contribution in [-0.4, -0.2) is 39.2 Å². The fourth-order valence-corrected chi connectivity index (χ4v) is 3.41. The van der Waals surface area contributed by atoms with Crippen LogP contribution in [0.15, 0.2) is 24.4 Å². The van der Waals surface area contributed by atoms with E-state index in [1.165, 1.54) is 12.1 Å². The van der Waals surface area contributed by atoms with Crippen molar-refractivity contribution < 1.29 is 23.1 Å². The van der Waals surface area contributed by atoms with Crippen LogP contribution in [0, 0.1) is 5.92 Å². The van der Waals surface area contributed by atoms with Gasteiger partial charge in [0, 0.05) is 32.3 Å². The number of halogens is 4. The lowest BCUT2D eigenvalue weighted by Crippen LogP contribution is -2.43. The number of rotatable bonds is 5. The van der Waals surface area contributed by atoms with E-state index in [2.05, 4.69) is 15.3 Å². The molecule has 162 valence electrons. The number of aliphatic hydroxyl groups is 1. The van der Waals surface area contributed by atoms with Gasteiger partial charge in [0.25, 0.3) is 0 Å². The predicted molar refractivity (Wildman–Crippen MR) is 105 cm³/mol. The van der Waals surface area contributed by atoms with Crippen molar-refractivity contribution in [3.8, 4) is 0 Å². The van der Waals surface area contributed by atoms with Crippen molar-refractivity contribution in [2.45, 2.75) is 39.0 Å². The van der Waals surface area contributed by atoms with Crippen LogP contribution >= 0.6 is 11.6 Å². The number of benzene rings is 1. The Hall–Kier alpha value is -2.39. The summed E-state index contributed by atoms with van der Waals surface area (Å²) in [4.78, 5) is 22.9. The van der Waals surface area contributed by atoms with Crippen LogP contribution in [0.4, 0.5) is 18.0 Å². The molecule has 1 atom stereocenters. The van der Waals surface area contributed by atoms with E-state index in [4.69, 9.17) is 11.6 Å². The van der Waals surface area contributed by atoms with Gasteiger partial charge in [-0.15, -0.1) is 0 Å². The van der Waals surface area contributed by atoms with Crippen LogP contribution in [0.1, 0.15) is 35.1 Å². The summed E-state index contributed by atoms with van der Waals surface area (Å²) in [6.07, 6.45) is -1.67. The first-order valence-electron chi connectivity index (χ1n) is 9.50. The Balaban J connectivity index is 1.63. The third-order valence-corrected chi connectivity index (χ3v) is 5.24. The normalized spacial score (nSPS) is 14.9. The van der Waals surface area contributed by atoms with E-state index in [-0.39, 0.29) is 30.1 Å². The van der Waals surface area contributed by atoms with Gasteiger partial charge in [-0.3, -0.25) is 0 Å². The Morgan fingerprint density at radius 1 is 1.40 bits per heavy atom. The highest BCUT2D eigenvalue weighted by atomic mass is 35.5. The smallest absolute Gasteiger partial charge is 0.396 e. The number of aromatic nitrogens is 2. The van der Waals surface area contributed by atoms with Crippen molar-refractivity contribution in [3.63, 3.8) is 0 Å². The zero-order chi connectivity index (χ0) is 21.9. The highest BCUT2D eigenvalue weighted by Crippen LogP contribution is 2.35. The van der Waals surface area contributed by atoms with E-state index >= 15 is 0 Å². The summed E-state index contributed by atoms with van der Waals surface area (Å²) in [7, 11) is 0. The molecule has 6 nitrogen and oxygen atoms in total. The van der Waals surface area contributed by atoms with Gasteiger partial charge in [0.05, 0.1) is 22.8 Å². The van der Waals surface area contributed by atoms with Gasteiger partial charge in [0.15, 0.2) is 0 Å². The number of amides is 2. The third-order valence-electron chi connectivity index (χ3n) is 4.91. The van der Waals surface area contributed by atoms with E-state index in [9.17, 15) is 23.1 Å². The van der Waals surface area contributed by atoms with Crippen molar-refractivity contribution in [1.29, 1.82) is 0 Å². The summed E-state index contributed by atoms with van der Waals surface area (Å²) in [5.74, 6) is 0.644. The molecule has 10 heteroatoms. The fourth-order valence-electron chi connectivity index (χ4n) is 3.18. The monoisotopic (exact) mass is 442 g/mol. The molecular weight excluding hydrogens is 421 g/mol. The highest BCUT2D eigenvalue weighted by molar-refractivity contribution is 6.31. The maximum absolute atomic E-state index is 13.0. The number of nitrogens with zero attached hydrogens (tertiary/aromatic N) is 3. The van der Waals surface area contributed by atoms with Crippen LogP contribution in [-0.2, 0) is 32.1 Å². The molecule has 0 unspecified atom stereocenters. The molecule has 2 heterocycles. The average Bonchev–Trinajstić information content (AvgIpc) is 2.71. The van der Waals surface area contributed by atoms with Crippen LogP contribution in [0.2, 0.25) is 5.02 Å². The van der Waals surface area contributed by atoms with Gasteiger partial charge in [0.2, 0.25) is 0 Å². The van der Waals surface area contributed by atoms with Crippen molar-refractivity contribution in [1.82, 2.24) is 20.2 Å². The summed E-state index contributed by atoms with van der Waals surface area (Å²) >= 11 is 5.63. The molecule has 2 aromatic rings. The number of hydrogen-bond donors (Lipinski definition) is 2. The zero-order valence-corrected chi connectivity index (χ0v) is 17.1. The number of urea groups is 1. The second-order valence-corrected chi connectivity index (χ2v) is 7.80. The number of fused-ring (bicyclic) bond motifs is 1. The lowest BCUT2D eigenvalue weighted by atomic mass is 10.1. The maximum atomic E-state index is 13.0. The van der Waals surface area contributed by atoms with Crippen LogP contribution in [0.25, 0.3) is 0 Å². The quantitative estimate of drug-likeness (QED) is 0.741. The SMILES string of the molecule is C[C@@H](CO)Cc1ncc2c(n1)CN(C(=O)NCc1ccc(Cl)c(C(F)(F)F)c1)CC2. The molecule has 0 fully saturated rings. The van der Waals surface area contributed by atoms with Gasteiger partial charge in [-0.2, -0.15) is 13.2 Å². The minimum absolute atomic E-state index is 0.0343. The van der Waals surface area contributed by atoms with Gasteiger partial charge in [-0.1, -0.05) is 24.6 Å². The van der Waals surface area contributed by atoms with Gasteiger partial charge in [-0.05, 0) is 35.6 Å². The summed E-state index contributed by atoms with van der Waals surface area (Å²) in [6, 6.07) is 3.18. The van der Waals surface area contributed by atoms with Crippen molar-refractivity contribution >= 4 is 17.6 Å². The van der Waals surface area contributed by atoms with Crippen LogP contribution in [0.3, 0.4) is 0 Å². The molecule has 0 saturated heterocycles. The minimum Gasteiger partial charge on any atom is -0.396 e. The summed E-state index contributed by atoms with van der Waals surface area (Å²) in [5, 5.41) is 11.5. The lowest BCUT2D eigenvalue weighted by molar-refractivity contribution is -0.137. The Bertz CT molecular complexity index is 923. The van der Waals surface area contributed by atoms with Crippen LogP contribution in [0.5, 0.6) is 0 Å². The van der Waals surface area contributed by atoms with E-state index < -0.39 is 11.7 Å². The highest BCUT2D eigenvalue weighted by Gasteiger charge is 2.33. The largest absolute Gasteiger partial charge is 0.417 e. The number of alkyl halides is 3. The molecule has 1 aromatic heterocycles. The average molecular weight is 443 g/mol. The first kappa shape index (κ1) is 22.3. The van der Waals surface area contributed by atoms with Crippen molar-refractivity contribution in [3.05, 3.63) is 57.6 Å². The van der Waals surface area contributed by atoms with Crippen molar-refractivity contribution in [2.75, 3.05) is 13.2 Å². The van der Waals surface area contributed by atoms with E-state index in [0.717, 1.165) is 17.3 Å². The Kier molecular flexibility index (Phi) is 6.82. The number of aliphatic hydroxyl groups excluding tert-OH is 1. The molecule has 0 radical (unpaired) electrons. The Labute approximate surface area is 177 Å². The van der Waals surface area contributed by atoms with Crippen LogP contribution < -0.4 is 5.32 Å². The molecular formula is C20H22ClF3N4O2. The van der Waals surface area contributed by atoms with Crippen molar-refractivity contribution in [2.24, 2.45) is 5.92 Å². The molecule has 0 bridgehead atoms. The van der Waals surface area contributed by atoms with E-state index in [1.807, 2.05) is 6.92 Å². The zero-order valence-electron chi connectivity index (χ0n) is 16.3. The first-order chi connectivity index (χ1) is 14.2. The summed E-state index contributed by atoms with van der Waals surface area (Å²) in [6.45, 7) is 2.63. The molecule has 3 rings (SSSR count). The van der Waals surface area contributed by atoms with E-state index in [0.29, 0.717) is 37.3 Å². The molecule has 1 aliphatic heterocycles. The second kappa shape index (κ2) is 9.18. The van der Waals surface area contributed by atoms with Gasteiger partial charge in [-0.25, -0.2) is 14.8 Å². The van der Waals surface area contributed by atoms with Gasteiger partial charge < -0.3 is 15.3 Å². The molecule has 0 saturated carbocycles. The lowest BCUT2D eigenvalue weighted by Gasteiger charge is -2.28. The molecule has 2 amide bonds. The summed E-state index contributed by atoms with van der Waals surface area (Å²) < 4.78 is 39.0. The molecule has 1 aliphatic rings. The Morgan fingerprint density at radius 2 is 2.17 bits per heavy atom. The van der Waals surface area contributed by atoms with E-state index in [1.54, 1.807) is 11.1 Å². The number of carbonyl (C=O) groups is 1. The fraction of sp³-hybridized carbons (Fsp3) is 0.450. The second-order valence-electron chi connectivity index (χ2n) is 7.39. The number of carbonyl (C=O) groups excluding carboxylic acids is 1. The summed E-state index contributed by atoms with van der Waals surface area (Å²) in [5.41, 5.74) is 1.09. The molecule has 1 aromatic carbocycles. The topological polar surface area (TPSA) is 78.4 Å². The number of hydrogen-bond acceptors (Lipinski definition) is 4. The molecule has 30 heavy (non-hydrogen) atoms. The van der Waals surface area contributed by atoms with Gasteiger partial charge >= 0.3 is 12.2 Å². The third kappa shape index (κ3) is 5.40. The Morgan fingerprint density at radius 3 is 2.87 bits per heavy atom. The standard InChI is InChI=1S/C20H22ClF3N4O2/c1-12(11-29)6-18-25-9-14-4-5-28(10-17(14)27-18)19(30)26-8-13-2-3-16(21)15(7-13)20(22,23)24/h2-3,7,9,12,29H,4-6,8,10-11H2,1H3,(H,26,30)/t12-/m1/s1. The first-order valence-corrected chi connectivity index (χ1v) is 9.88. The minimum atomic E-state index is -4.56. The molecule has 2 N–H and O–H groups in total. The maximum Gasteiger partial charge on any atom is 0.417 e.